The molecule has 200 valence electrons. The topological polar surface area (TPSA) is 84.9 Å². The minimum atomic E-state index is -0.710. The van der Waals surface area contributed by atoms with Crippen LogP contribution in [0.3, 0.4) is 0 Å². The Balaban J connectivity index is 1.23. The SMILES string of the molecule is CC(O)c1cc(Cl)c(NC(=O)N2CCN(c3ccc(NC(=O)CCCc4ccccc4)cc3)CC2)c(Cl)c1. The molecule has 7 nitrogen and oxygen atoms in total. The lowest BCUT2D eigenvalue weighted by Crippen LogP contribution is -2.50. The van der Waals surface area contributed by atoms with Gasteiger partial charge >= 0.3 is 6.03 Å². The van der Waals surface area contributed by atoms with Crippen LogP contribution in [0.1, 0.15) is 37.0 Å². The van der Waals surface area contributed by atoms with E-state index in [-0.39, 0.29) is 22.0 Å². The largest absolute Gasteiger partial charge is 0.389 e. The average Bonchev–Trinajstić information content (AvgIpc) is 2.91. The summed E-state index contributed by atoms with van der Waals surface area (Å²) in [5, 5.41) is 16.1. The molecule has 38 heavy (non-hydrogen) atoms. The highest BCUT2D eigenvalue weighted by Gasteiger charge is 2.23. The van der Waals surface area contributed by atoms with Crippen LogP contribution in [0.25, 0.3) is 0 Å². The van der Waals surface area contributed by atoms with Gasteiger partial charge in [0.2, 0.25) is 5.91 Å². The minimum absolute atomic E-state index is 0.00836. The number of aliphatic hydroxyl groups excluding tert-OH is 1. The van der Waals surface area contributed by atoms with E-state index in [1.165, 1.54) is 5.56 Å². The molecule has 1 atom stereocenters. The van der Waals surface area contributed by atoms with Gasteiger partial charge in [-0.25, -0.2) is 4.79 Å². The van der Waals surface area contributed by atoms with Crippen LogP contribution in [0.5, 0.6) is 0 Å². The molecule has 0 spiro atoms. The standard InChI is InChI=1S/C29H32Cl2N4O3/c1-20(36)22-18-25(30)28(26(31)19-22)33-29(38)35-16-14-34(15-17-35)24-12-10-23(11-13-24)32-27(37)9-5-8-21-6-3-2-4-7-21/h2-4,6-7,10-13,18-20,36H,5,8-9,14-17H2,1H3,(H,32,37)(H,33,38). The third-order valence-electron chi connectivity index (χ3n) is 6.57. The number of rotatable bonds is 8. The molecule has 3 aromatic rings. The Labute approximate surface area is 233 Å². The second kappa shape index (κ2) is 13.0. The lowest BCUT2D eigenvalue weighted by molar-refractivity contribution is -0.116. The lowest BCUT2D eigenvalue weighted by Gasteiger charge is -2.36. The number of urea groups is 1. The Hall–Kier alpha value is -3.26. The lowest BCUT2D eigenvalue weighted by atomic mass is 10.1. The molecule has 9 heteroatoms. The van der Waals surface area contributed by atoms with E-state index in [2.05, 4.69) is 27.7 Å². The van der Waals surface area contributed by atoms with Gasteiger partial charge in [-0.1, -0.05) is 53.5 Å². The fourth-order valence-corrected chi connectivity index (χ4v) is 4.98. The first-order valence-electron chi connectivity index (χ1n) is 12.7. The summed E-state index contributed by atoms with van der Waals surface area (Å²) in [6, 6.07) is 20.9. The number of aliphatic hydroxyl groups is 1. The Morgan fingerprint density at radius 3 is 2.16 bits per heavy atom. The summed E-state index contributed by atoms with van der Waals surface area (Å²) in [6.07, 6.45) is 1.45. The number of carbonyl (C=O) groups excluding carboxylic acids is 2. The first-order chi connectivity index (χ1) is 18.3. The van der Waals surface area contributed by atoms with Crippen molar-refractivity contribution in [2.24, 2.45) is 0 Å². The summed E-state index contributed by atoms with van der Waals surface area (Å²) in [4.78, 5) is 29.1. The Kier molecular flexibility index (Phi) is 9.50. The average molecular weight is 556 g/mol. The highest BCUT2D eigenvalue weighted by Crippen LogP contribution is 2.34. The number of hydrogen-bond donors (Lipinski definition) is 3. The summed E-state index contributed by atoms with van der Waals surface area (Å²) >= 11 is 12.6. The van der Waals surface area contributed by atoms with Crippen LogP contribution in [-0.4, -0.2) is 48.1 Å². The van der Waals surface area contributed by atoms with Crippen molar-refractivity contribution in [1.82, 2.24) is 4.90 Å². The molecule has 3 amide bonds. The summed E-state index contributed by atoms with van der Waals surface area (Å²) in [5.41, 5.74) is 3.96. The summed E-state index contributed by atoms with van der Waals surface area (Å²) in [6.45, 7) is 4.03. The molecule has 0 aliphatic carbocycles. The molecule has 0 saturated carbocycles. The van der Waals surface area contributed by atoms with Gasteiger partial charge in [-0.15, -0.1) is 0 Å². The molecule has 1 aliphatic rings. The fraction of sp³-hybridized carbons (Fsp3) is 0.310. The van der Waals surface area contributed by atoms with Crippen LogP contribution < -0.4 is 15.5 Å². The van der Waals surface area contributed by atoms with Crippen molar-refractivity contribution in [2.45, 2.75) is 32.3 Å². The number of amides is 3. The van der Waals surface area contributed by atoms with Gasteiger partial charge in [0, 0.05) is 44.0 Å². The molecule has 1 fully saturated rings. The molecule has 0 radical (unpaired) electrons. The maximum atomic E-state index is 12.8. The smallest absolute Gasteiger partial charge is 0.322 e. The number of nitrogens with one attached hydrogen (secondary N) is 2. The zero-order chi connectivity index (χ0) is 27.1. The molecule has 1 aliphatic heterocycles. The van der Waals surface area contributed by atoms with Crippen molar-refractivity contribution in [3.05, 3.63) is 87.9 Å². The van der Waals surface area contributed by atoms with E-state index in [4.69, 9.17) is 23.2 Å². The van der Waals surface area contributed by atoms with Crippen LogP contribution in [0.4, 0.5) is 21.9 Å². The van der Waals surface area contributed by atoms with Gasteiger partial charge in [0.1, 0.15) is 0 Å². The zero-order valence-electron chi connectivity index (χ0n) is 21.3. The van der Waals surface area contributed by atoms with Crippen LogP contribution in [0, 0.1) is 0 Å². The van der Waals surface area contributed by atoms with Gasteiger partial charge in [-0.3, -0.25) is 4.79 Å². The molecular formula is C29H32Cl2N4O3. The maximum absolute atomic E-state index is 12.8. The van der Waals surface area contributed by atoms with Gasteiger partial charge in [0.15, 0.2) is 0 Å². The van der Waals surface area contributed by atoms with E-state index < -0.39 is 6.10 Å². The van der Waals surface area contributed by atoms with E-state index in [0.29, 0.717) is 43.9 Å². The number of halogens is 2. The van der Waals surface area contributed by atoms with Crippen molar-refractivity contribution in [3.8, 4) is 0 Å². The second-order valence-corrected chi connectivity index (χ2v) is 10.2. The summed E-state index contributed by atoms with van der Waals surface area (Å²) < 4.78 is 0. The van der Waals surface area contributed by atoms with Crippen LogP contribution in [0.2, 0.25) is 10.0 Å². The Morgan fingerprint density at radius 1 is 0.921 bits per heavy atom. The molecular weight excluding hydrogens is 523 g/mol. The molecule has 1 heterocycles. The highest BCUT2D eigenvalue weighted by molar-refractivity contribution is 6.39. The fourth-order valence-electron chi connectivity index (χ4n) is 4.38. The van der Waals surface area contributed by atoms with Crippen molar-refractivity contribution >= 4 is 52.2 Å². The molecule has 0 bridgehead atoms. The predicted molar refractivity (Wildman–Crippen MR) is 154 cm³/mol. The van der Waals surface area contributed by atoms with Gasteiger partial charge < -0.3 is 25.5 Å². The van der Waals surface area contributed by atoms with Crippen LogP contribution in [0.15, 0.2) is 66.7 Å². The van der Waals surface area contributed by atoms with Crippen molar-refractivity contribution in [2.75, 3.05) is 41.7 Å². The Morgan fingerprint density at radius 2 is 1.55 bits per heavy atom. The van der Waals surface area contributed by atoms with E-state index in [1.807, 2.05) is 42.5 Å². The van der Waals surface area contributed by atoms with Crippen molar-refractivity contribution in [1.29, 1.82) is 0 Å². The first-order valence-corrected chi connectivity index (χ1v) is 13.5. The van der Waals surface area contributed by atoms with E-state index in [1.54, 1.807) is 24.0 Å². The van der Waals surface area contributed by atoms with Gasteiger partial charge in [0.05, 0.1) is 21.8 Å². The molecule has 3 N–H and O–H groups in total. The zero-order valence-corrected chi connectivity index (χ0v) is 22.8. The number of nitrogens with zero attached hydrogens (tertiary/aromatic N) is 2. The highest BCUT2D eigenvalue weighted by atomic mass is 35.5. The van der Waals surface area contributed by atoms with Crippen molar-refractivity contribution in [3.63, 3.8) is 0 Å². The van der Waals surface area contributed by atoms with E-state index >= 15 is 0 Å². The van der Waals surface area contributed by atoms with Crippen molar-refractivity contribution < 1.29 is 14.7 Å². The summed E-state index contributed by atoms with van der Waals surface area (Å²) in [7, 11) is 0. The van der Waals surface area contributed by atoms with Gasteiger partial charge in [-0.2, -0.15) is 0 Å². The summed E-state index contributed by atoms with van der Waals surface area (Å²) in [5.74, 6) is 0.00836. The van der Waals surface area contributed by atoms with Gasteiger partial charge in [0.25, 0.3) is 0 Å². The number of aryl methyl sites for hydroxylation is 1. The minimum Gasteiger partial charge on any atom is -0.389 e. The van der Waals surface area contributed by atoms with Gasteiger partial charge in [-0.05, 0) is 67.3 Å². The predicted octanol–water partition coefficient (Wildman–Crippen LogP) is 6.36. The third-order valence-corrected chi connectivity index (χ3v) is 7.17. The Bertz CT molecular complexity index is 1220. The van der Waals surface area contributed by atoms with Crippen LogP contribution >= 0.6 is 23.2 Å². The number of hydrogen-bond acceptors (Lipinski definition) is 4. The van der Waals surface area contributed by atoms with Crippen LogP contribution in [-0.2, 0) is 11.2 Å². The number of anilines is 3. The number of benzene rings is 3. The molecule has 1 unspecified atom stereocenters. The normalized spacial score (nSPS) is 14.2. The maximum Gasteiger partial charge on any atom is 0.322 e. The molecule has 0 aromatic heterocycles. The molecule has 4 rings (SSSR count). The molecule has 1 saturated heterocycles. The number of piperazine rings is 1. The third kappa shape index (κ3) is 7.40. The second-order valence-electron chi connectivity index (χ2n) is 9.37. The van der Waals surface area contributed by atoms with E-state index in [0.717, 1.165) is 24.2 Å². The first kappa shape index (κ1) is 27.8. The monoisotopic (exact) mass is 554 g/mol. The number of carbonyl (C=O) groups is 2. The quantitative estimate of drug-likeness (QED) is 0.302. The molecule has 3 aromatic carbocycles. The van der Waals surface area contributed by atoms with E-state index in [9.17, 15) is 14.7 Å².